The molecule has 0 radical (unpaired) electrons. The van der Waals surface area contributed by atoms with Gasteiger partial charge in [0.05, 0.1) is 12.3 Å². The number of para-hydroxylation sites is 1. The average Bonchev–Trinajstić information content (AvgIpc) is 3.05. The fourth-order valence-electron chi connectivity index (χ4n) is 6.90. The van der Waals surface area contributed by atoms with Crippen molar-refractivity contribution in [2.75, 3.05) is 29.5 Å². The lowest BCUT2D eigenvalue weighted by atomic mass is 9.76. The molecular weight excluding hydrogens is 550 g/mol. The van der Waals surface area contributed by atoms with Gasteiger partial charge in [-0.15, -0.1) is 0 Å². The van der Waals surface area contributed by atoms with E-state index in [2.05, 4.69) is 58.7 Å². The van der Waals surface area contributed by atoms with Gasteiger partial charge in [-0.25, -0.2) is 9.69 Å². The highest BCUT2D eigenvalue weighted by atomic mass is 16.5. The van der Waals surface area contributed by atoms with E-state index in [1.165, 1.54) is 22.9 Å². The number of hydrogen-bond acceptors (Lipinski definition) is 5. The predicted molar refractivity (Wildman–Crippen MR) is 171 cm³/mol. The van der Waals surface area contributed by atoms with E-state index in [-0.39, 0.29) is 17.4 Å². The van der Waals surface area contributed by atoms with E-state index in [0.29, 0.717) is 23.6 Å². The first-order valence-corrected chi connectivity index (χ1v) is 15.2. The zero-order chi connectivity index (χ0) is 30.2. The fourth-order valence-corrected chi connectivity index (χ4v) is 6.90. The number of ether oxygens (including phenoxy) is 1. The Hall–Kier alpha value is -5.17. The molecule has 0 bridgehead atoms. The molecule has 0 saturated carbocycles. The largest absolute Gasteiger partial charge is 0.493 e. The Morgan fingerprint density at radius 2 is 1.36 bits per heavy atom. The summed E-state index contributed by atoms with van der Waals surface area (Å²) < 4.78 is 5.73. The molecule has 1 fully saturated rings. The maximum atomic E-state index is 14.1. The van der Waals surface area contributed by atoms with Gasteiger partial charge in [0.2, 0.25) is 0 Å². The molecule has 0 aliphatic carbocycles. The van der Waals surface area contributed by atoms with Crippen molar-refractivity contribution in [3.8, 4) is 5.75 Å². The molecule has 7 heteroatoms. The van der Waals surface area contributed by atoms with Gasteiger partial charge in [-0.05, 0) is 66.3 Å². The number of nitrogens with one attached hydrogen (secondary N) is 1. The van der Waals surface area contributed by atoms with Gasteiger partial charge in [0.15, 0.2) is 0 Å². The highest BCUT2D eigenvalue weighted by molar-refractivity contribution is 6.39. The SMILES string of the molecule is CCOc1ccccc1/C=C1\C(=O)NC(=O)N(c2cc3c4c(c2)[C@H](c2ccccc2)CCN4CC[C@H]3c2ccccc2)C1=O. The molecule has 0 aromatic heterocycles. The van der Waals surface area contributed by atoms with Gasteiger partial charge >= 0.3 is 6.03 Å². The van der Waals surface area contributed by atoms with Crippen molar-refractivity contribution >= 4 is 35.3 Å². The molecule has 44 heavy (non-hydrogen) atoms. The second-order valence-corrected chi connectivity index (χ2v) is 11.4. The molecule has 3 aliphatic rings. The Labute approximate surface area is 256 Å². The van der Waals surface area contributed by atoms with Gasteiger partial charge in [0, 0.05) is 36.2 Å². The van der Waals surface area contributed by atoms with Crippen LogP contribution < -0.4 is 19.9 Å². The van der Waals surface area contributed by atoms with Crippen LogP contribution in [-0.2, 0) is 9.59 Å². The minimum absolute atomic E-state index is 0.105. The summed E-state index contributed by atoms with van der Waals surface area (Å²) in [5.74, 6) is -0.617. The van der Waals surface area contributed by atoms with E-state index < -0.39 is 17.8 Å². The zero-order valence-electron chi connectivity index (χ0n) is 24.5. The summed E-state index contributed by atoms with van der Waals surface area (Å²) in [6.07, 6.45) is 3.35. The summed E-state index contributed by atoms with van der Waals surface area (Å²) in [5, 5.41) is 2.41. The van der Waals surface area contributed by atoms with Crippen LogP contribution in [0.25, 0.3) is 6.08 Å². The van der Waals surface area contributed by atoms with Gasteiger partial charge in [0.25, 0.3) is 11.8 Å². The lowest BCUT2D eigenvalue weighted by molar-refractivity contribution is -0.122. The van der Waals surface area contributed by atoms with Crippen LogP contribution in [0.1, 0.15) is 59.4 Å². The van der Waals surface area contributed by atoms with Crippen LogP contribution in [0.15, 0.2) is 103 Å². The number of imide groups is 2. The number of urea groups is 1. The Bertz CT molecular complexity index is 1710. The molecule has 1 saturated heterocycles. The predicted octanol–water partition coefficient (Wildman–Crippen LogP) is 6.63. The van der Waals surface area contributed by atoms with Crippen LogP contribution in [0, 0.1) is 0 Å². The maximum absolute atomic E-state index is 14.1. The maximum Gasteiger partial charge on any atom is 0.335 e. The molecule has 0 spiro atoms. The van der Waals surface area contributed by atoms with Crippen LogP contribution in [0.4, 0.5) is 16.2 Å². The Balaban J connectivity index is 1.39. The minimum Gasteiger partial charge on any atom is -0.493 e. The quantitative estimate of drug-likeness (QED) is 0.204. The number of rotatable bonds is 6. The summed E-state index contributed by atoms with van der Waals surface area (Å²) >= 11 is 0. The average molecular weight is 584 g/mol. The van der Waals surface area contributed by atoms with Crippen LogP contribution in [0.3, 0.4) is 0 Å². The molecule has 2 atom stereocenters. The third-order valence-corrected chi connectivity index (χ3v) is 8.88. The lowest BCUT2D eigenvalue weighted by Gasteiger charge is -2.44. The van der Waals surface area contributed by atoms with E-state index in [1.54, 1.807) is 12.1 Å². The zero-order valence-corrected chi connectivity index (χ0v) is 24.5. The van der Waals surface area contributed by atoms with Crippen molar-refractivity contribution in [1.82, 2.24) is 5.32 Å². The summed E-state index contributed by atoms with van der Waals surface area (Å²) in [4.78, 5) is 44.2. The van der Waals surface area contributed by atoms with Gasteiger partial charge in [-0.1, -0.05) is 78.9 Å². The molecule has 7 rings (SSSR count). The fraction of sp³-hybridized carbons (Fsp3) is 0.216. The van der Waals surface area contributed by atoms with Crippen LogP contribution >= 0.6 is 0 Å². The topological polar surface area (TPSA) is 79.0 Å². The number of benzene rings is 4. The molecule has 1 N–H and O–H groups in total. The van der Waals surface area contributed by atoms with Crippen LogP contribution in [-0.4, -0.2) is 37.5 Å². The van der Waals surface area contributed by atoms with Crippen molar-refractivity contribution in [1.29, 1.82) is 0 Å². The Morgan fingerprint density at radius 3 is 1.95 bits per heavy atom. The number of amides is 4. The molecule has 220 valence electrons. The minimum atomic E-state index is -0.751. The normalized spacial score (nSPS) is 20.4. The molecule has 3 aliphatic heterocycles. The number of carbonyl (C=O) groups excluding carboxylic acids is 3. The summed E-state index contributed by atoms with van der Waals surface area (Å²) in [5.41, 5.74) is 6.72. The smallest absolute Gasteiger partial charge is 0.335 e. The number of anilines is 2. The van der Waals surface area contributed by atoms with Gasteiger partial charge in [-0.2, -0.15) is 0 Å². The van der Waals surface area contributed by atoms with Gasteiger partial charge in [-0.3, -0.25) is 14.9 Å². The van der Waals surface area contributed by atoms with Crippen molar-refractivity contribution in [3.63, 3.8) is 0 Å². The number of nitrogens with zero attached hydrogens (tertiary/aromatic N) is 2. The molecular formula is C37H33N3O4. The van der Waals surface area contributed by atoms with Gasteiger partial charge in [0.1, 0.15) is 11.3 Å². The third kappa shape index (κ3) is 4.84. The second kappa shape index (κ2) is 11.5. The molecule has 3 heterocycles. The highest BCUT2D eigenvalue weighted by Crippen LogP contribution is 2.50. The van der Waals surface area contributed by atoms with Crippen LogP contribution in [0.5, 0.6) is 5.75 Å². The molecule has 4 aromatic rings. The summed E-state index contributed by atoms with van der Waals surface area (Å²) in [7, 11) is 0. The van der Waals surface area contributed by atoms with Crippen molar-refractivity contribution < 1.29 is 19.1 Å². The van der Waals surface area contributed by atoms with Crippen molar-refractivity contribution in [2.45, 2.75) is 31.6 Å². The number of carbonyl (C=O) groups is 3. The van der Waals surface area contributed by atoms with Gasteiger partial charge < -0.3 is 9.64 Å². The summed E-state index contributed by atoms with van der Waals surface area (Å²) in [6.45, 7) is 4.18. The second-order valence-electron chi connectivity index (χ2n) is 11.4. The Kier molecular flexibility index (Phi) is 7.22. The van der Waals surface area contributed by atoms with Crippen molar-refractivity contribution in [3.05, 3.63) is 130 Å². The summed E-state index contributed by atoms with van der Waals surface area (Å²) in [6, 6.07) is 31.2. The number of barbiturate groups is 1. The lowest BCUT2D eigenvalue weighted by Crippen LogP contribution is -2.54. The highest BCUT2D eigenvalue weighted by Gasteiger charge is 2.40. The van der Waals surface area contributed by atoms with E-state index in [1.807, 2.05) is 43.3 Å². The molecule has 4 amide bonds. The first-order chi connectivity index (χ1) is 21.5. The standard InChI is InChI=1S/C37H33N3O4/c1-2-44-33-16-10-9-15-26(33)21-32-35(41)38-37(43)40(36(32)42)27-22-30-28(24-11-5-3-6-12-24)17-19-39-20-18-29(31(23-27)34(30)39)25-13-7-4-8-14-25/h3-16,21-23,28-29H,2,17-20H2,1H3,(H,38,41,43)/b32-21+/t28-,29-/m0/s1. The van der Waals surface area contributed by atoms with E-state index >= 15 is 0 Å². The molecule has 4 aromatic carbocycles. The first kappa shape index (κ1) is 27.7. The molecule has 7 nitrogen and oxygen atoms in total. The molecule has 0 unspecified atom stereocenters. The van der Waals surface area contributed by atoms with Crippen LogP contribution in [0.2, 0.25) is 0 Å². The number of hydrogen-bond donors (Lipinski definition) is 1. The monoisotopic (exact) mass is 583 g/mol. The third-order valence-electron chi connectivity index (χ3n) is 8.88. The first-order valence-electron chi connectivity index (χ1n) is 15.2. The Morgan fingerprint density at radius 1 is 0.795 bits per heavy atom. The van der Waals surface area contributed by atoms with E-state index in [0.717, 1.165) is 42.0 Å². The van der Waals surface area contributed by atoms with E-state index in [9.17, 15) is 14.4 Å². The van der Waals surface area contributed by atoms with E-state index in [4.69, 9.17) is 4.74 Å². The van der Waals surface area contributed by atoms with Crippen molar-refractivity contribution in [2.24, 2.45) is 0 Å².